The van der Waals surface area contributed by atoms with Crippen LogP contribution in [-0.2, 0) is 4.74 Å². The third-order valence-corrected chi connectivity index (χ3v) is 3.52. The number of nitrogens with zero attached hydrogens (tertiary/aromatic N) is 1. The first-order valence-electron chi connectivity index (χ1n) is 7.14. The van der Waals surface area contributed by atoms with Crippen LogP contribution in [0.25, 0.3) is 0 Å². The second-order valence-corrected chi connectivity index (χ2v) is 6.37. The van der Waals surface area contributed by atoms with Gasteiger partial charge >= 0.3 is 0 Å². The Balaban J connectivity index is 2.12. The average Bonchev–Trinajstić information content (AvgIpc) is 2.43. The third kappa shape index (κ3) is 3.39. The van der Waals surface area contributed by atoms with Gasteiger partial charge in [-0.25, -0.2) is 0 Å². The van der Waals surface area contributed by atoms with Gasteiger partial charge in [0.05, 0.1) is 34.3 Å². The number of Topliss-reactive ketones (excluding diaryl/α,β-unsaturated/α-hetero) is 2. The van der Waals surface area contributed by atoms with Crippen molar-refractivity contribution < 1.29 is 18.8 Å². The van der Waals surface area contributed by atoms with Crippen molar-refractivity contribution in [2.75, 3.05) is 34.3 Å². The lowest BCUT2D eigenvalue weighted by Crippen LogP contribution is -2.35. The largest absolute Gasteiger partial charge is 0.489 e. The van der Waals surface area contributed by atoms with E-state index in [1.807, 2.05) is 0 Å². The summed E-state index contributed by atoms with van der Waals surface area (Å²) in [7, 11) is 6.32. The molecule has 0 aromatic heterocycles. The zero-order chi connectivity index (χ0) is 15.6. The molecule has 0 radical (unpaired) electrons. The monoisotopic (exact) mass is 288 g/mol. The van der Waals surface area contributed by atoms with Crippen molar-refractivity contribution in [3.05, 3.63) is 46.7 Å². The van der Waals surface area contributed by atoms with Gasteiger partial charge in [0.2, 0.25) is 5.78 Å². The molecule has 4 nitrogen and oxygen atoms in total. The van der Waals surface area contributed by atoms with Crippen LogP contribution in [-0.4, -0.2) is 50.3 Å². The lowest BCUT2D eigenvalue weighted by molar-refractivity contribution is -0.870. The van der Waals surface area contributed by atoms with Crippen molar-refractivity contribution >= 4 is 11.6 Å². The fourth-order valence-corrected chi connectivity index (χ4v) is 2.36. The van der Waals surface area contributed by atoms with E-state index in [4.69, 9.17) is 4.74 Å². The smallest absolute Gasteiger partial charge is 0.228 e. The third-order valence-electron chi connectivity index (χ3n) is 3.52. The second-order valence-electron chi connectivity index (χ2n) is 6.37. The summed E-state index contributed by atoms with van der Waals surface area (Å²) in [5.41, 5.74) is 1.32. The number of hydrogen-bond acceptors (Lipinski definition) is 3. The number of quaternary nitrogens is 1. The van der Waals surface area contributed by atoms with E-state index in [-0.39, 0.29) is 17.3 Å². The van der Waals surface area contributed by atoms with Gasteiger partial charge in [0.15, 0.2) is 11.5 Å². The maximum absolute atomic E-state index is 12.4. The van der Waals surface area contributed by atoms with Crippen LogP contribution in [0.4, 0.5) is 0 Å². The van der Waals surface area contributed by atoms with Gasteiger partial charge in [0, 0.05) is 23.1 Å². The van der Waals surface area contributed by atoms with Crippen molar-refractivity contribution in [2.45, 2.75) is 13.3 Å². The fraction of sp³-hybridized carbons (Fsp3) is 0.412. The van der Waals surface area contributed by atoms with Gasteiger partial charge in [-0.15, -0.1) is 0 Å². The lowest BCUT2D eigenvalue weighted by atomic mass is 9.89. The summed E-state index contributed by atoms with van der Waals surface area (Å²) in [4.78, 5) is 24.7. The van der Waals surface area contributed by atoms with Gasteiger partial charge in [0.25, 0.3) is 0 Å². The Morgan fingerprint density at radius 1 is 1.00 bits per heavy atom. The summed E-state index contributed by atoms with van der Waals surface area (Å²) >= 11 is 0. The van der Waals surface area contributed by atoms with Crippen molar-refractivity contribution in [1.29, 1.82) is 0 Å². The summed E-state index contributed by atoms with van der Waals surface area (Å²) in [6.45, 7) is 3.06. The van der Waals surface area contributed by atoms with Crippen LogP contribution in [0.5, 0.6) is 0 Å². The Kier molecular flexibility index (Phi) is 4.28. The minimum absolute atomic E-state index is 0.119. The van der Waals surface area contributed by atoms with E-state index in [0.29, 0.717) is 23.3 Å². The Bertz CT molecular complexity index is 609. The lowest BCUT2D eigenvalue weighted by Gasteiger charge is -2.24. The summed E-state index contributed by atoms with van der Waals surface area (Å²) in [6.07, 6.45) is 0.837. The molecule has 112 valence electrons. The minimum Gasteiger partial charge on any atom is -0.489 e. The minimum atomic E-state index is -0.187. The highest BCUT2D eigenvalue weighted by atomic mass is 16.5. The summed E-state index contributed by atoms with van der Waals surface area (Å²) in [5.74, 6) is -0.0974. The molecule has 0 N–H and O–H groups in total. The predicted octanol–water partition coefficient (Wildman–Crippen LogP) is 2.45. The molecular formula is C17H22NO3+. The number of carbonyl (C=O) groups excluding carboxylic acids is 2. The molecule has 0 spiro atoms. The van der Waals surface area contributed by atoms with Crippen LogP contribution < -0.4 is 0 Å². The average molecular weight is 288 g/mol. The molecule has 2 rings (SSSR count). The standard InChI is InChI=1S/C17H22NO3/c1-12-15(19)13-8-5-6-9-14(13)16(20)17(12)21-11-7-10-18(2,3)4/h5-6,8-9H,7,10-11H2,1-4H3/q+1. The normalized spacial score (nSPS) is 15.2. The molecule has 1 aliphatic rings. The Labute approximate surface area is 125 Å². The molecule has 1 aromatic rings. The highest BCUT2D eigenvalue weighted by Crippen LogP contribution is 2.26. The van der Waals surface area contributed by atoms with Crippen molar-refractivity contribution in [3.63, 3.8) is 0 Å². The molecule has 0 aliphatic heterocycles. The van der Waals surface area contributed by atoms with Crippen LogP contribution in [0.1, 0.15) is 34.1 Å². The number of ether oxygens (including phenoxy) is 1. The number of ketones is 2. The Morgan fingerprint density at radius 2 is 1.57 bits per heavy atom. The molecule has 0 saturated heterocycles. The number of rotatable bonds is 5. The molecule has 0 atom stereocenters. The van der Waals surface area contributed by atoms with Crippen LogP contribution in [0.3, 0.4) is 0 Å². The molecule has 0 amide bonds. The van der Waals surface area contributed by atoms with E-state index in [1.54, 1.807) is 31.2 Å². The zero-order valence-electron chi connectivity index (χ0n) is 13.1. The summed E-state index contributed by atoms with van der Waals surface area (Å²) < 4.78 is 6.47. The maximum atomic E-state index is 12.4. The van der Waals surface area contributed by atoms with Crippen molar-refractivity contribution in [1.82, 2.24) is 0 Å². The van der Waals surface area contributed by atoms with Crippen LogP contribution in [0, 0.1) is 0 Å². The zero-order valence-corrected chi connectivity index (χ0v) is 13.1. The van der Waals surface area contributed by atoms with Crippen molar-refractivity contribution in [2.24, 2.45) is 0 Å². The Morgan fingerprint density at radius 3 is 2.14 bits per heavy atom. The van der Waals surface area contributed by atoms with E-state index in [9.17, 15) is 9.59 Å². The molecule has 4 heteroatoms. The highest BCUT2D eigenvalue weighted by Gasteiger charge is 2.30. The SMILES string of the molecule is CC1=C(OCCC[N+](C)(C)C)C(=O)c2ccccc2C1=O. The second kappa shape index (κ2) is 5.82. The van der Waals surface area contributed by atoms with Gasteiger partial charge in [-0.1, -0.05) is 24.3 Å². The molecule has 1 aliphatic carbocycles. The molecular weight excluding hydrogens is 266 g/mol. The van der Waals surface area contributed by atoms with Crippen LogP contribution in [0.15, 0.2) is 35.6 Å². The summed E-state index contributed by atoms with van der Waals surface area (Å²) in [6, 6.07) is 6.90. The fourth-order valence-electron chi connectivity index (χ4n) is 2.36. The topological polar surface area (TPSA) is 43.4 Å². The van der Waals surface area contributed by atoms with E-state index in [1.165, 1.54) is 0 Å². The molecule has 0 unspecified atom stereocenters. The quantitative estimate of drug-likeness (QED) is 0.617. The van der Waals surface area contributed by atoms with Crippen LogP contribution >= 0.6 is 0 Å². The van der Waals surface area contributed by atoms with E-state index < -0.39 is 0 Å². The van der Waals surface area contributed by atoms with E-state index in [2.05, 4.69) is 21.1 Å². The molecule has 21 heavy (non-hydrogen) atoms. The van der Waals surface area contributed by atoms with Gasteiger partial charge in [-0.3, -0.25) is 9.59 Å². The Hall–Kier alpha value is -1.94. The number of benzene rings is 1. The number of fused-ring (bicyclic) bond motifs is 1. The molecule has 0 heterocycles. The van der Waals surface area contributed by atoms with Gasteiger partial charge in [0.1, 0.15) is 0 Å². The van der Waals surface area contributed by atoms with E-state index in [0.717, 1.165) is 17.4 Å². The van der Waals surface area contributed by atoms with Crippen LogP contribution in [0.2, 0.25) is 0 Å². The first kappa shape index (κ1) is 15.4. The predicted molar refractivity (Wildman–Crippen MR) is 81.3 cm³/mol. The van der Waals surface area contributed by atoms with E-state index >= 15 is 0 Å². The highest BCUT2D eigenvalue weighted by molar-refractivity contribution is 6.25. The number of carbonyl (C=O) groups is 2. The summed E-state index contributed by atoms with van der Waals surface area (Å²) in [5, 5.41) is 0. The molecule has 0 fully saturated rings. The number of allylic oxidation sites excluding steroid dienone is 2. The molecule has 0 saturated carbocycles. The maximum Gasteiger partial charge on any atom is 0.228 e. The van der Waals surface area contributed by atoms with Gasteiger partial charge in [-0.2, -0.15) is 0 Å². The first-order valence-corrected chi connectivity index (χ1v) is 7.14. The first-order chi connectivity index (χ1) is 9.81. The molecule has 1 aromatic carbocycles. The molecule has 0 bridgehead atoms. The number of hydrogen-bond donors (Lipinski definition) is 0. The van der Waals surface area contributed by atoms with Crippen molar-refractivity contribution in [3.8, 4) is 0 Å². The van der Waals surface area contributed by atoms with Gasteiger partial charge < -0.3 is 9.22 Å². The van der Waals surface area contributed by atoms with Gasteiger partial charge in [-0.05, 0) is 6.92 Å².